The highest BCUT2D eigenvalue weighted by Gasteiger charge is 2.26. The molecular formula is C22H26N2O4. The lowest BCUT2D eigenvalue weighted by molar-refractivity contribution is -0.135. The van der Waals surface area contributed by atoms with Crippen LogP contribution in [0.4, 0.5) is 0 Å². The first-order valence-electron chi connectivity index (χ1n) is 9.52. The van der Waals surface area contributed by atoms with E-state index in [1.807, 2.05) is 61.5 Å². The van der Waals surface area contributed by atoms with E-state index >= 15 is 0 Å². The van der Waals surface area contributed by atoms with Crippen LogP contribution < -0.4 is 9.47 Å². The molecule has 1 heterocycles. The van der Waals surface area contributed by atoms with Crippen molar-refractivity contribution in [3.8, 4) is 11.5 Å². The van der Waals surface area contributed by atoms with Gasteiger partial charge in [-0.25, -0.2) is 0 Å². The zero-order valence-corrected chi connectivity index (χ0v) is 16.3. The molecule has 0 unspecified atom stereocenters. The molecule has 0 N–H and O–H groups in total. The van der Waals surface area contributed by atoms with Gasteiger partial charge in [-0.3, -0.25) is 4.79 Å². The maximum absolute atomic E-state index is 12.6. The summed E-state index contributed by atoms with van der Waals surface area (Å²) in [6.07, 6.45) is 1.39. The van der Waals surface area contributed by atoms with Crippen molar-refractivity contribution in [1.29, 1.82) is 0 Å². The molecule has 148 valence electrons. The van der Waals surface area contributed by atoms with Crippen molar-refractivity contribution >= 4 is 11.6 Å². The zero-order valence-electron chi connectivity index (χ0n) is 16.3. The minimum Gasteiger partial charge on any atom is -0.497 e. The van der Waals surface area contributed by atoms with Gasteiger partial charge in [-0.1, -0.05) is 30.3 Å². The summed E-state index contributed by atoms with van der Waals surface area (Å²) in [5.41, 5.74) is 1.89. The largest absolute Gasteiger partial charge is 0.497 e. The van der Waals surface area contributed by atoms with Crippen LogP contribution in [-0.2, 0) is 9.63 Å². The first-order chi connectivity index (χ1) is 13.7. The van der Waals surface area contributed by atoms with Crippen LogP contribution in [0.3, 0.4) is 0 Å². The van der Waals surface area contributed by atoms with Crippen molar-refractivity contribution in [3.05, 3.63) is 60.2 Å². The van der Waals surface area contributed by atoms with E-state index in [-0.39, 0.29) is 18.6 Å². The number of rotatable bonds is 9. The summed E-state index contributed by atoms with van der Waals surface area (Å²) in [5.74, 6) is 1.44. The quantitative estimate of drug-likeness (QED) is 0.666. The summed E-state index contributed by atoms with van der Waals surface area (Å²) in [4.78, 5) is 20.0. The van der Waals surface area contributed by atoms with Gasteiger partial charge < -0.3 is 19.2 Å². The maximum atomic E-state index is 12.6. The van der Waals surface area contributed by atoms with Crippen LogP contribution in [-0.4, -0.2) is 49.4 Å². The van der Waals surface area contributed by atoms with Crippen molar-refractivity contribution in [2.24, 2.45) is 5.16 Å². The molecule has 0 bridgehead atoms. The maximum Gasteiger partial charge on any atom is 0.260 e. The van der Waals surface area contributed by atoms with Gasteiger partial charge in [0.25, 0.3) is 5.91 Å². The molecule has 0 aliphatic carbocycles. The standard InChI is InChI=1S/C22H26N2O4/c1-3-13-24(22(25)16-27-19-7-5-4-6-8-19)15-20-14-21(23-28-20)17-9-11-18(26-2)12-10-17/h4-12,20H,3,13-16H2,1-2H3/t20-/m1/s1. The Hall–Kier alpha value is -3.02. The van der Waals surface area contributed by atoms with Gasteiger partial charge in [-0.05, 0) is 48.4 Å². The second-order valence-corrected chi connectivity index (χ2v) is 6.64. The number of methoxy groups -OCH3 is 1. The number of hydrogen-bond donors (Lipinski definition) is 0. The lowest BCUT2D eigenvalue weighted by Gasteiger charge is -2.24. The van der Waals surface area contributed by atoms with E-state index < -0.39 is 0 Å². The van der Waals surface area contributed by atoms with E-state index in [4.69, 9.17) is 14.3 Å². The van der Waals surface area contributed by atoms with Crippen molar-refractivity contribution < 1.29 is 19.1 Å². The molecular weight excluding hydrogens is 356 g/mol. The Morgan fingerprint density at radius 2 is 1.89 bits per heavy atom. The molecule has 0 fully saturated rings. The van der Waals surface area contributed by atoms with Gasteiger partial charge in [-0.2, -0.15) is 0 Å². The van der Waals surface area contributed by atoms with Crippen LogP contribution >= 0.6 is 0 Å². The van der Waals surface area contributed by atoms with Crippen molar-refractivity contribution in [2.45, 2.75) is 25.9 Å². The van der Waals surface area contributed by atoms with Gasteiger partial charge in [0.15, 0.2) is 12.7 Å². The molecule has 2 aromatic carbocycles. The van der Waals surface area contributed by atoms with Crippen LogP contribution in [0.15, 0.2) is 59.8 Å². The SMILES string of the molecule is CCCN(C[C@H]1CC(c2ccc(OC)cc2)=NO1)C(=O)COc1ccccc1. The fourth-order valence-electron chi connectivity index (χ4n) is 3.07. The average Bonchev–Trinajstić information content (AvgIpc) is 3.21. The highest BCUT2D eigenvalue weighted by Crippen LogP contribution is 2.20. The summed E-state index contributed by atoms with van der Waals surface area (Å²) in [5, 5.41) is 4.22. The van der Waals surface area contributed by atoms with Gasteiger partial charge in [0, 0.05) is 13.0 Å². The molecule has 0 saturated carbocycles. The summed E-state index contributed by atoms with van der Waals surface area (Å²) < 4.78 is 10.8. The first-order valence-corrected chi connectivity index (χ1v) is 9.52. The Labute approximate surface area is 165 Å². The van der Waals surface area contributed by atoms with E-state index in [0.29, 0.717) is 25.3 Å². The third kappa shape index (κ3) is 5.25. The van der Waals surface area contributed by atoms with Crippen LogP contribution in [0.25, 0.3) is 0 Å². The molecule has 0 radical (unpaired) electrons. The first kappa shape index (κ1) is 19.7. The van der Waals surface area contributed by atoms with E-state index in [0.717, 1.165) is 23.4 Å². The second-order valence-electron chi connectivity index (χ2n) is 6.64. The number of hydrogen-bond acceptors (Lipinski definition) is 5. The fourth-order valence-corrected chi connectivity index (χ4v) is 3.07. The predicted octanol–water partition coefficient (Wildman–Crippen LogP) is 3.51. The third-order valence-corrected chi connectivity index (χ3v) is 4.53. The van der Waals surface area contributed by atoms with Crippen molar-refractivity contribution in [3.63, 3.8) is 0 Å². The number of carbonyl (C=O) groups is 1. The fraction of sp³-hybridized carbons (Fsp3) is 0.364. The number of oxime groups is 1. The molecule has 0 aromatic heterocycles. The molecule has 6 nitrogen and oxygen atoms in total. The Bertz CT molecular complexity index is 790. The van der Waals surface area contributed by atoms with E-state index in [1.54, 1.807) is 12.0 Å². The number of nitrogens with zero attached hydrogens (tertiary/aromatic N) is 2. The zero-order chi connectivity index (χ0) is 19.8. The molecule has 0 spiro atoms. The number of amides is 1. The monoisotopic (exact) mass is 382 g/mol. The number of ether oxygens (including phenoxy) is 2. The van der Waals surface area contributed by atoms with E-state index in [9.17, 15) is 4.79 Å². The summed E-state index contributed by atoms with van der Waals surface area (Å²) in [6.45, 7) is 3.22. The molecule has 2 aromatic rings. The number of carbonyl (C=O) groups excluding carboxylic acids is 1. The number of benzene rings is 2. The van der Waals surface area contributed by atoms with Gasteiger partial charge in [0.1, 0.15) is 11.5 Å². The minimum atomic E-state index is -0.149. The molecule has 1 aliphatic heterocycles. The average molecular weight is 382 g/mol. The molecule has 3 rings (SSSR count). The van der Waals surface area contributed by atoms with Crippen LogP contribution in [0.5, 0.6) is 11.5 Å². The van der Waals surface area contributed by atoms with Gasteiger partial charge in [-0.15, -0.1) is 0 Å². The third-order valence-electron chi connectivity index (χ3n) is 4.53. The highest BCUT2D eigenvalue weighted by atomic mass is 16.6. The summed E-state index contributed by atoms with van der Waals surface area (Å²) in [6, 6.07) is 17.1. The van der Waals surface area contributed by atoms with Crippen LogP contribution in [0.1, 0.15) is 25.3 Å². The lowest BCUT2D eigenvalue weighted by atomic mass is 10.0. The highest BCUT2D eigenvalue weighted by molar-refractivity contribution is 6.01. The Kier molecular flexibility index (Phi) is 6.89. The van der Waals surface area contributed by atoms with E-state index in [2.05, 4.69) is 5.16 Å². The van der Waals surface area contributed by atoms with Crippen molar-refractivity contribution in [2.75, 3.05) is 26.8 Å². The Morgan fingerprint density at radius 1 is 1.14 bits per heavy atom. The normalized spacial score (nSPS) is 15.5. The van der Waals surface area contributed by atoms with E-state index in [1.165, 1.54) is 0 Å². The molecule has 1 atom stereocenters. The summed E-state index contributed by atoms with van der Waals surface area (Å²) in [7, 11) is 1.64. The molecule has 1 aliphatic rings. The van der Waals surface area contributed by atoms with Crippen LogP contribution in [0.2, 0.25) is 0 Å². The van der Waals surface area contributed by atoms with Crippen molar-refractivity contribution in [1.82, 2.24) is 4.90 Å². The molecule has 1 amide bonds. The molecule has 6 heteroatoms. The molecule has 0 saturated heterocycles. The Morgan fingerprint density at radius 3 is 2.57 bits per heavy atom. The van der Waals surface area contributed by atoms with Gasteiger partial charge >= 0.3 is 0 Å². The molecule has 28 heavy (non-hydrogen) atoms. The van der Waals surface area contributed by atoms with Gasteiger partial charge in [0.05, 0.1) is 19.4 Å². The Balaban J connectivity index is 1.53. The summed E-state index contributed by atoms with van der Waals surface area (Å²) >= 11 is 0. The second kappa shape index (κ2) is 9.78. The number of para-hydroxylation sites is 1. The van der Waals surface area contributed by atoms with Gasteiger partial charge in [0.2, 0.25) is 0 Å². The minimum absolute atomic E-state index is 0.0168. The lowest BCUT2D eigenvalue weighted by Crippen LogP contribution is -2.40. The predicted molar refractivity (Wildman–Crippen MR) is 108 cm³/mol. The van der Waals surface area contributed by atoms with Crippen LogP contribution in [0, 0.1) is 0 Å². The smallest absolute Gasteiger partial charge is 0.260 e. The topological polar surface area (TPSA) is 60.4 Å².